The molecule has 0 aromatic heterocycles. The molecule has 3 aliphatic carbocycles. The van der Waals surface area contributed by atoms with Crippen LogP contribution in [-0.2, 0) is 9.59 Å². The van der Waals surface area contributed by atoms with E-state index in [1.807, 2.05) is 24.3 Å². The van der Waals surface area contributed by atoms with Crippen LogP contribution < -0.4 is 4.90 Å². The van der Waals surface area contributed by atoms with Gasteiger partial charge in [0.15, 0.2) is 0 Å². The lowest BCUT2D eigenvalue weighted by molar-refractivity contribution is -0.385. The Hall–Kier alpha value is -3.80. The number of hydrogen-bond acceptors (Lipinski definition) is 4. The highest BCUT2D eigenvalue weighted by atomic mass is 16.6. The Labute approximate surface area is 178 Å². The van der Waals surface area contributed by atoms with Gasteiger partial charge in [-0.2, -0.15) is 0 Å². The first kappa shape index (κ1) is 18.0. The molecule has 0 N–H and O–H groups in total. The number of carbonyl (C=O) groups is 2. The second-order valence-electron chi connectivity index (χ2n) is 8.50. The number of rotatable bonds is 2. The quantitative estimate of drug-likeness (QED) is 0.358. The van der Waals surface area contributed by atoms with E-state index in [-0.39, 0.29) is 35.0 Å². The summed E-state index contributed by atoms with van der Waals surface area (Å²) < 4.78 is 0. The van der Waals surface area contributed by atoms with Gasteiger partial charge in [0.2, 0.25) is 11.8 Å². The van der Waals surface area contributed by atoms with Gasteiger partial charge in [0.1, 0.15) is 0 Å². The van der Waals surface area contributed by atoms with Crippen LogP contribution in [0.4, 0.5) is 11.4 Å². The highest BCUT2D eigenvalue weighted by Crippen LogP contribution is 2.61. The van der Waals surface area contributed by atoms with Gasteiger partial charge in [-0.25, -0.2) is 4.90 Å². The molecule has 6 nitrogen and oxygen atoms in total. The fourth-order valence-corrected chi connectivity index (χ4v) is 5.87. The van der Waals surface area contributed by atoms with Gasteiger partial charge in [0.05, 0.1) is 22.4 Å². The monoisotopic (exact) mass is 410 g/mol. The summed E-state index contributed by atoms with van der Waals surface area (Å²) in [6.45, 7) is 1.64. The summed E-state index contributed by atoms with van der Waals surface area (Å²) in [7, 11) is 0. The van der Waals surface area contributed by atoms with E-state index in [0.717, 1.165) is 22.3 Å². The fraction of sp³-hybridized carbons (Fsp3) is 0.200. The molecule has 0 spiro atoms. The number of hydrogen-bond donors (Lipinski definition) is 0. The van der Waals surface area contributed by atoms with Crippen molar-refractivity contribution in [3.8, 4) is 0 Å². The smallest absolute Gasteiger partial charge is 0.274 e. The van der Waals surface area contributed by atoms with Crippen molar-refractivity contribution in [1.82, 2.24) is 0 Å². The van der Waals surface area contributed by atoms with Gasteiger partial charge in [0.25, 0.3) is 5.69 Å². The first-order valence-corrected chi connectivity index (χ1v) is 10.3. The van der Waals surface area contributed by atoms with Gasteiger partial charge in [-0.15, -0.1) is 0 Å². The molecule has 2 atom stereocenters. The summed E-state index contributed by atoms with van der Waals surface area (Å²) >= 11 is 0. The molecule has 3 aromatic rings. The topological polar surface area (TPSA) is 80.5 Å². The van der Waals surface area contributed by atoms with Crippen LogP contribution in [0.25, 0.3) is 0 Å². The van der Waals surface area contributed by atoms with E-state index >= 15 is 0 Å². The number of nitro benzene ring substituents is 1. The van der Waals surface area contributed by atoms with E-state index < -0.39 is 16.8 Å². The lowest BCUT2D eigenvalue weighted by Crippen LogP contribution is -2.41. The number of benzene rings is 3. The summed E-state index contributed by atoms with van der Waals surface area (Å²) in [6, 6.07) is 20.6. The van der Waals surface area contributed by atoms with Gasteiger partial charge in [0, 0.05) is 23.5 Å². The standard InChI is InChI=1S/C25H18N2O4/c1-13-10-11-14(12-19(13)27(30)31)26-24(28)22-20-15-6-2-3-7-16(15)21(23(22)25(26)29)18-9-5-4-8-17(18)20/h2-12,20-23H,1H3/t20?,21?,22-,23-/m1/s1. The Morgan fingerprint density at radius 2 is 1.23 bits per heavy atom. The molecule has 0 unspecified atom stereocenters. The fourth-order valence-electron chi connectivity index (χ4n) is 5.87. The molecule has 4 aliphatic rings. The molecular formula is C25H18N2O4. The SMILES string of the molecule is Cc1ccc(N2C(=O)[C@@H]3C4c5ccccc5C(c5ccccc54)[C@H]3C2=O)cc1[N+](=O)[O-]. The van der Waals surface area contributed by atoms with E-state index in [2.05, 4.69) is 24.3 Å². The van der Waals surface area contributed by atoms with Gasteiger partial charge in [-0.3, -0.25) is 19.7 Å². The van der Waals surface area contributed by atoms with E-state index in [9.17, 15) is 19.7 Å². The molecule has 1 aliphatic heterocycles. The van der Waals surface area contributed by atoms with Crippen molar-refractivity contribution in [3.05, 3.63) is 105 Å². The highest BCUT2D eigenvalue weighted by Gasteiger charge is 2.61. The van der Waals surface area contributed by atoms with Crippen LogP contribution in [0.1, 0.15) is 39.7 Å². The summed E-state index contributed by atoms with van der Waals surface area (Å²) in [6.07, 6.45) is 0. The molecule has 1 saturated heterocycles. The third kappa shape index (κ3) is 2.22. The average molecular weight is 410 g/mol. The number of nitrogens with zero attached hydrogens (tertiary/aromatic N) is 2. The van der Waals surface area contributed by atoms with Crippen LogP contribution >= 0.6 is 0 Å². The average Bonchev–Trinajstić information content (AvgIpc) is 3.05. The predicted octanol–water partition coefficient (Wildman–Crippen LogP) is 4.30. The minimum absolute atomic E-state index is 0.0949. The first-order valence-electron chi connectivity index (χ1n) is 10.3. The molecule has 7 rings (SSSR count). The molecule has 152 valence electrons. The maximum Gasteiger partial charge on any atom is 0.274 e. The zero-order valence-electron chi connectivity index (χ0n) is 16.7. The third-order valence-corrected chi connectivity index (χ3v) is 7.10. The minimum atomic E-state index is -0.498. The summed E-state index contributed by atoms with van der Waals surface area (Å²) in [5.74, 6) is -1.92. The summed E-state index contributed by atoms with van der Waals surface area (Å²) in [5, 5.41) is 11.4. The van der Waals surface area contributed by atoms with Crippen molar-refractivity contribution in [1.29, 1.82) is 0 Å². The minimum Gasteiger partial charge on any atom is -0.274 e. The Bertz CT molecular complexity index is 1200. The maximum atomic E-state index is 13.7. The van der Waals surface area contributed by atoms with E-state index in [1.165, 1.54) is 11.0 Å². The van der Waals surface area contributed by atoms with Crippen LogP contribution in [0.15, 0.2) is 66.7 Å². The summed E-state index contributed by atoms with van der Waals surface area (Å²) in [5.41, 5.74) is 5.08. The molecule has 31 heavy (non-hydrogen) atoms. The first-order chi connectivity index (χ1) is 15.0. The second kappa shape index (κ2) is 6.11. The predicted molar refractivity (Wildman–Crippen MR) is 114 cm³/mol. The second-order valence-corrected chi connectivity index (χ2v) is 8.50. The normalized spacial score (nSPS) is 25.3. The van der Waals surface area contributed by atoms with Crippen LogP contribution in [0.5, 0.6) is 0 Å². The van der Waals surface area contributed by atoms with Gasteiger partial charge in [-0.1, -0.05) is 54.6 Å². The van der Waals surface area contributed by atoms with Crippen molar-refractivity contribution >= 4 is 23.2 Å². The largest absolute Gasteiger partial charge is 0.274 e. The van der Waals surface area contributed by atoms with Crippen molar-refractivity contribution in [2.45, 2.75) is 18.8 Å². The number of nitro groups is 1. The van der Waals surface area contributed by atoms with E-state index in [4.69, 9.17) is 0 Å². The van der Waals surface area contributed by atoms with Gasteiger partial charge in [-0.05, 0) is 35.2 Å². The Kier molecular flexibility index (Phi) is 3.55. The van der Waals surface area contributed by atoms with Crippen molar-refractivity contribution in [3.63, 3.8) is 0 Å². The molecule has 3 aromatic carbocycles. The van der Waals surface area contributed by atoms with Crippen LogP contribution in [0.3, 0.4) is 0 Å². The van der Waals surface area contributed by atoms with Crippen LogP contribution in [-0.4, -0.2) is 16.7 Å². The third-order valence-electron chi connectivity index (χ3n) is 7.10. The maximum absolute atomic E-state index is 13.7. The zero-order valence-corrected chi connectivity index (χ0v) is 16.7. The Balaban J connectivity index is 1.54. The van der Waals surface area contributed by atoms with Crippen molar-refractivity contribution < 1.29 is 14.5 Å². The Morgan fingerprint density at radius 1 is 0.774 bits per heavy atom. The van der Waals surface area contributed by atoms with Gasteiger partial charge >= 0.3 is 0 Å². The van der Waals surface area contributed by atoms with E-state index in [1.54, 1.807) is 19.1 Å². The molecule has 6 heteroatoms. The molecular weight excluding hydrogens is 392 g/mol. The molecule has 1 heterocycles. The van der Waals surface area contributed by atoms with Gasteiger partial charge < -0.3 is 0 Å². The Morgan fingerprint density at radius 3 is 1.65 bits per heavy atom. The summed E-state index contributed by atoms with van der Waals surface area (Å²) in [4.78, 5) is 39.5. The van der Waals surface area contributed by atoms with E-state index in [0.29, 0.717) is 5.56 Å². The number of amides is 2. The lowest BCUT2D eigenvalue weighted by Gasteiger charge is -2.45. The number of aryl methyl sites for hydroxylation is 1. The molecule has 2 bridgehead atoms. The number of imide groups is 1. The molecule has 0 saturated carbocycles. The lowest BCUT2D eigenvalue weighted by atomic mass is 9.55. The molecule has 2 amide bonds. The molecule has 0 radical (unpaired) electrons. The van der Waals surface area contributed by atoms with Crippen LogP contribution in [0, 0.1) is 28.9 Å². The number of carbonyl (C=O) groups excluding carboxylic acids is 2. The van der Waals surface area contributed by atoms with Crippen molar-refractivity contribution in [2.24, 2.45) is 11.8 Å². The number of anilines is 1. The molecule has 1 fully saturated rings. The zero-order chi connectivity index (χ0) is 21.4. The highest BCUT2D eigenvalue weighted by molar-refractivity contribution is 6.23. The van der Waals surface area contributed by atoms with Crippen LogP contribution in [0.2, 0.25) is 0 Å². The van der Waals surface area contributed by atoms with Crippen molar-refractivity contribution in [2.75, 3.05) is 4.90 Å².